The minimum Gasteiger partial charge on any atom is -0.493 e. The van der Waals surface area contributed by atoms with Gasteiger partial charge in [-0.2, -0.15) is 8.42 Å². The molecule has 1 unspecified atom stereocenters. The van der Waals surface area contributed by atoms with Crippen molar-refractivity contribution >= 4 is 22.1 Å². The van der Waals surface area contributed by atoms with Crippen LogP contribution in [0, 0.1) is 5.92 Å². The molecule has 0 saturated carbocycles. The zero-order valence-electron chi connectivity index (χ0n) is 15.9. The summed E-state index contributed by atoms with van der Waals surface area (Å²) in [6.45, 7) is 0.365. The minimum absolute atomic E-state index is 0.225. The Morgan fingerprint density at radius 3 is 2.48 bits per heavy atom. The fourth-order valence-corrected chi connectivity index (χ4v) is 3.33. The maximum atomic E-state index is 12.0. The Kier molecular flexibility index (Phi) is 6.07. The van der Waals surface area contributed by atoms with Crippen LogP contribution in [0.1, 0.15) is 11.1 Å². The Hall–Kier alpha value is -3.07. The van der Waals surface area contributed by atoms with Crippen LogP contribution in [0.3, 0.4) is 0 Å². The molecular weight excluding hydrogens is 400 g/mol. The number of rotatable bonds is 7. The number of benzene rings is 2. The van der Waals surface area contributed by atoms with Crippen molar-refractivity contribution in [1.82, 2.24) is 0 Å². The van der Waals surface area contributed by atoms with Crippen LogP contribution in [0.25, 0.3) is 0 Å². The Morgan fingerprint density at radius 2 is 1.83 bits per heavy atom. The van der Waals surface area contributed by atoms with E-state index >= 15 is 0 Å². The van der Waals surface area contributed by atoms with E-state index < -0.39 is 28.0 Å². The lowest BCUT2D eigenvalue weighted by Gasteiger charge is -2.22. The van der Waals surface area contributed by atoms with E-state index in [4.69, 9.17) is 13.7 Å². The Balaban J connectivity index is 1.57. The summed E-state index contributed by atoms with van der Waals surface area (Å²) in [5, 5.41) is 0. The average Bonchev–Trinajstić information content (AvgIpc) is 2.67. The molecule has 0 N–H and O–H groups in total. The number of methoxy groups -OCH3 is 1. The lowest BCUT2D eigenvalue weighted by atomic mass is 9.96. The molecule has 2 aromatic carbocycles. The van der Waals surface area contributed by atoms with E-state index in [0.717, 1.165) is 17.4 Å². The molecule has 1 aliphatic heterocycles. The zero-order chi connectivity index (χ0) is 21.0. The zero-order valence-corrected chi connectivity index (χ0v) is 16.7. The molecule has 3 rings (SSSR count). The summed E-state index contributed by atoms with van der Waals surface area (Å²) >= 11 is 0. The van der Waals surface area contributed by atoms with Gasteiger partial charge >= 0.3 is 22.1 Å². The van der Waals surface area contributed by atoms with Crippen LogP contribution in [0.4, 0.5) is 0 Å². The van der Waals surface area contributed by atoms with Gasteiger partial charge in [-0.05, 0) is 29.3 Å². The van der Waals surface area contributed by atoms with Crippen molar-refractivity contribution in [3.63, 3.8) is 0 Å². The lowest BCUT2D eigenvalue weighted by molar-refractivity contribution is -0.156. The second kappa shape index (κ2) is 8.52. The number of hydrogen-bond acceptors (Lipinski definition) is 8. The molecule has 0 fully saturated rings. The summed E-state index contributed by atoms with van der Waals surface area (Å²) in [6, 6.07) is 11.8. The Bertz CT molecular complexity index is 1010. The number of hydrogen-bond donors (Lipinski definition) is 0. The molecule has 1 aliphatic rings. The van der Waals surface area contributed by atoms with Crippen molar-refractivity contribution in [2.75, 3.05) is 20.0 Å². The van der Waals surface area contributed by atoms with Crippen molar-refractivity contribution in [2.45, 2.75) is 12.8 Å². The largest absolute Gasteiger partial charge is 0.493 e. The lowest BCUT2D eigenvalue weighted by Crippen LogP contribution is -2.34. The van der Waals surface area contributed by atoms with Crippen molar-refractivity contribution < 1.29 is 36.4 Å². The van der Waals surface area contributed by atoms with Gasteiger partial charge in [0, 0.05) is 18.9 Å². The summed E-state index contributed by atoms with van der Waals surface area (Å²) < 4.78 is 42.6. The summed E-state index contributed by atoms with van der Waals surface area (Å²) in [5.74, 6) is -1.06. The maximum Gasteiger partial charge on any atom is 0.326 e. The highest BCUT2D eigenvalue weighted by atomic mass is 32.2. The molecule has 0 bridgehead atoms. The maximum absolute atomic E-state index is 12.0. The van der Waals surface area contributed by atoms with Gasteiger partial charge in [0.25, 0.3) is 0 Å². The van der Waals surface area contributed by atoms with Crippen molar-refractivity contribution in [3.05, 3.63) is 53.6 Å². The highest BCUT2D eigenvalue weighted by Crippen LogP contribution is 2.32. The standard InChI is InChI=1S/C20H20O8S/c1-25-19(21)17-11-14-5-8-16(12-18(14)27-20(17)22)26-10-9-13-3-6-15(7-4-13)28-29(2,23)24/h3-8,12,17H,9-11H2,1-2H3. The molecule has 0 radical (unpaired) electrons. The predicted molar refractivity (Wildman–Crippen MR) is 102 cm³/mol. The quantitative estimate of drug-likeness (QED) is 0.289. The second-order valence-electron chi connectivity index (χ2n) is 6.50. The van der Waals surface area contributed by atoms with E-state index in [0.29, 0.717) is 24.5 Å². The second-order valence-corrected chi connectivity index (χ2v) is 8.08. The van der Waals surface area contributed by atoms with Gasteiger partial charge in [0.05, 0.1) is 20.0 Å². The number of carbonyl (C=O) groups excluding carboxylic acids is 2. The Morgan fingerprint density at radius 1 is 1.14 bits per heavy atom. The third kappa shape index (κ3) is 5.47. The highest BCUT2D eigenvalue weighted by molar-refractivity contribution is 7.86. The molecule has 0 amide bonds. The Labute approximate surface area is 168 Å². The summed E-state index contributed by atoms with van der Waals surface area (Å²) in [7, 11) is -2.32. The van der Waals surface area contributed by atoms with E-state index in [1.165, 1.54) is 7.11 Å². The molecule has 1 heterocycles. The van der Waals surface area contributed by atoms with Crippen LogP contribution < -0.4 is 13.7 Å². The van der Waals surface area contributed by atoms with E-state index in [9.17, 15) is 18.0 Å². The van der Waals surface area contributed by atoms with Crippen molar-refractivity contribution in [3.8, 4) is 17.2 Å². The van der Waals surface area contributed by atoms with Crippen LogP contribution in [0.2, 0.25) is 0 Å². The molecule has 9 heteroatoms. The molecule has 0 spiro atoms. The first kappa shape index (κ1) is 20.7. The molecule has 154 valence electrons. The van der Waals surface area contributed by atoms with Crippen LogP contribution in [0.15, 0.2) is 42.5 Å². The number of esters is 2. The molecule has 2 aromatic rings. The van der Waals surface area contributed by atoms with Crippen LogP contribution >= 0.6 is 0 Å². The van der Waals surface area contributed by atoms with Gasteiger partial charge in [0.2, 0.25) is 0 Å². The summed E-state index contributed by atoms with van der Waals surface area (Å²) in [4.78, 5) is 23.6. The van der Waals surface area contributed by atoms with E-state index in [1.807, 2.05) is 0 Å². The number of fused-ring (bicyclic) bond motifs is 1. The first-order valence-corrected chi connectivity index (χ1v) is 10.6. The predicted octanol–water partition coefficient (Wildman–Crippen LogP) is 1.90. The topological polar surface area (TPSA) is 105 Å². The fourth-order valence-electron chi connectivity index (χ4n) is 2.87. The smallest absolute Gasteiger partial charge is 0.326 e. The molecule has 0 aliphatic carbocycles. The number of ether oxygens (including phenoxy) is 3. The third-order valence-electron chi connectivity index (χ3n) is 4.27. The van der Waals surface area contributed by atoms with Gasteiger partial charge in [-0.15, -0.1) is 0 Å². The SMILES string of the molecule is COC(=O)C1Cc2ccc(OCCc3ccc(OS(C)(=O)=O)cc3)cc2OC1=O. The first-order chi connectivity index (χ1) is 13.7. The van der Waals surface area contributed by atoms with E-state index in [-0.39, 0.29) is 12.2 Å². The van der Waals surface area contributed by atoms with Crippen LogP contribution in [-0.4, -0.2) is 40.3 Å². The fraction of sp³-hybridized carbons (Fsp3) is 0.300. The van der Waals surface area contributed by atoms with Gasteiger partial charge in [0.1, 0.15) is 17.2 Å². The minimum atomic E-state index is -3.55. The van der Waals surface area contributed by atoms with E-state index in [1.54, 1.807) is 42.5 Å². The van der Waals surface area contributed by atoms with Crippen LogP contribution in [-0.2, 0) is 37.3 Å². The molecule has 29 heavy (non-hydrogen) atoms. The third-order valence-corrected chi connectivity index (χ3v) is 4.77. The van der Waals surface area contributed by atoms with Crippen LogP contribution in [0.5, 0.6) is 17.2 Å². The monoisotopic (exact) mass is 420 g/mol. The first-order valence-electron chi connectivity index (χ1n) is 8.79. The normalized spacial score (nSPS) is 15.8. The van der Waals surface area contributed by atoms with Crippen molar-refractivity contribution in [2.24, 2.45) is 5.92 Å². The van der Waals surface area contributed by atoms with E-state index in [2.05, 4.69) is 4.74 Å². The summed E-state index contributed by atoms with van der Waals surface area (Å²) in [6.07, 6.45) is 1.80. The van der Waals surface area contributed by atoms with Gasteiger partial charge in [0.15, 0.2) is 5.92 Å². The molecule has 8 nitrogen and oxygen atoms in total. The molecular formula is C20H20O8S. The van der Waals surface area contributed by atoms with Gasteiger partial charge < -0.3 is 18.4 Å². The highest BCUT2D eigenvalue weighted by Gasteiger charge is 2.35. The average molecular weight is 420 g/mol. The van der Waals surface area contributed by atoms with Gasteiger partial charge in [-0.3, -0.25) is 9.59 Å². The molecule has 0 aromatic heterocycles. The molecule has 0 saturated heterocycles. The van der Waals surface area contributed by atoms with Crippen molar-refractivity contribution in [1.29, 1.82) is 0 Å². The molecule has 1 atom stereocenters. The summed E-state index contributed by atoms with van der Waals surface area (Å²) in [5.41, 5.74) is 1.67. The number of carbonyl (C=O) groups is 2. The van der Waals surface area contributed by atoms with Gasteiger partial charge in [-0.25, -0.2) is 0 Å². The van der Waals surface area contributed by atoms with Gasteiger partial charge in [-0.1, -0.05) is 18.2 Å².